The largest absolute Gasteiger partial charge is 0.356 e. The molecule has 1 heterocycles. The van der Waals surface area contributed by atoms with Gasteiger partial charge in [-0.3, -0.25) is 9.78 Å². The number of para-hydroxylation sites is 1. The van der Waals surface area contributed by atoms with Crippen LogP contribution in [0.25, 0.3) is 10.9 Å². The van der Waals surface area contributed by atoms with Gasteiger partial charge < -0.3 is 5.32 Å². The molecule has 0 unspecified atom stereocenters. The number of aromatic nitrogens is 1. The highest BCUT2D eigenvalue weighted by atomic mass is 16.1. The zero-order chi connectivity index (χ0) is 15.2. The molecule has 0 aliphatic heterocycles. The summed E-state index contributed by atoms with van der Waals surface area (Å²) in [6.07, 6.45) is 10.1. The lowest BCUT2D eigenvalue weighted by atomic mass is 10.0. The minimum absolute atomic E-state index is 0.101. The maximum absolute atomic E-state index is 12.1. The smallest absolute Gasteiger partial charge is 0.224 e. The number of benzene rings is 1. The average molecular weight is 296 g/mol. The van der Waals surface area contributed by atoms with Gasteiger partial charge in [-0.05, 0) is 30.4 Å². The maximum Gasteiger partial charge on any atom is 0.224 e. The molecule has 22 heavy (non-hydrogen) atoms. The Morgan fingerprint density at radius 3 is 2.86 bits per heavy atom. The molecule has 1 aliphatic carbocycles. The molecule has 3 heteroatoms. The Balaban J connectivity index is 1.48. The average Bonchev–Trinajstić information content (AvgIpc) is 3.05. The van der Waals surface area contributed by atoms with E-state index in [9.17, 15) is 4.79 Å². The van der Waals surface area contributed by atoms with Gasteiger partial charge in [0.1, 0.15) is 0 Å². The van der Waals surface area contributed by atoms with Crippen LogP contribution in [-0.2, 0) is 11.2 Å². The van der Waals surface area contributed by atoms with Gasteiger partial charge in [0.05, 0.1) is 11.9 Å². The molecular weight excluding hydrogens is 272 g/mol. The van der Waals surface area contributed by atoms with E-state index in [0.717, 1.165) is 35.3 Å². The molecule has 0 radical (unpaired) electrons. The number of fused-ring (bicyclic) bond motifs is 1. The topological polar surface area (TPSA) is 42.0 Å². The second-order valence-electron chi connectivity index (χ2n) is 6.31. The summed E-state index contributed by atoms with van der Waals surface area (Å²) in [5, 5.41) is 4.14. The molecule has 1 aromatic heterocycles. The van der Waals surface area contributed by atoms with Crippen LogP contribution in [0.3, 0.4) is 0 Å². The van der Waals surface area contributed by atoms with Crippen LogP contribution < -0.4 is 5.32 Å². The van der Waals surface area contributed by atoms with Gasteiger partial charge in [-0.1, -0.05) is 49.9 Å². The molecule has 3 nitrogen and oxygen atoms in total. The first-order valence-electron chi connectivity index (χ1n) is 8.42. The minimum Gasteiger partial charge on any atom is -0.356 e. The van der Waals surface area contributed by atoms with Crippen molar-refractivity contribution in [3.63, 3.8) is 0 Å². The molecule has 116 valence electrons. The lowest BCUT2D eigenvalue weighted by molar-refractivity contribution is -0.120. The van der Waals surface area contributed by atoms with Crippen molar-refractivity contribution < 1.29 is 4.79 Å². The number of rotatable bonds is 6. The van der Waals surface area contributed by atoms with Gasteiger partial charge in [0, 0.05) is 18.1 Å². The number of pyridine rings is 1. The number of carbonyl (C=O) groups is 1. The highest BCUT2D eigenvalue weighted by Crippen LogP contribution is 2.28. The lowest BCUT2D eigenvalue weighted by Gasteiger charge is -2.10. The Morgan fingerprint density at radius 2 is 2.00 bits per heavy atom. The number of nitrogens with zero attached hydrogens (tertiary/aromatic N) is 1. The maximum atomic E-state index is 12.1. The molecule has 3 rings (SSSR count). The van der Waals surface area contributed by atoms with E-state index in [1.54, 1.807) is 6.20 Å². The molecular formula is C19H24N2O. The molecule has 2 aromatic rings. The van der Waals surface area contributed by atoms with Crippen LogP contribution in [0.5, 0.6) is 0 Å². The third kappa shape index (κ3) is 3.85. The second kappa shape index (κ2) is 7.39. The Hall–Kier alpha value is -1.90. The zero-order valence-electron chi connectivity index (χ0n) is 13.1. The van der Waals surface area contributed by atoms with Crippen LogP contribution in [0.4, 0.5) is 0 Å². The van der Waals surface area contributed by atoms with Crippen molar-refractivity contribution in [1.29, 1.82) is 0 Å². The third-order valence-electron chi connectivity index (χ3n) is 4.65. The van der Waals surface area contributed by atoms with Crippen LogP contribution in [0.1, 0.15) is 44.1 Å². The Kier molecular flexibility index (Phi) is 5.04. The first-order valence-corrected chi connectivity index (χ1v) is 8.42. The first kappa shape index (κ1) is 15.0. The van der Waals surface area contributed by atoms with Crippen molar-refractivity contribution in [3.8, 4) is 0 Å². The third-order valence-corrected chi connectivity index (χ3v) is 4.65. The van der Waals surface area contributed by atoms with E-state index in [-0.39, 0.29) is 5.91 Å². The summed E-state index contributed by atoms with van der Waals surface area (Å²) in [5.74, 6) is 1.00. The van der Waals surface area contributed by atoms with E-state index in [2.05, 4.69) is 10.3 Å². The highest BCUT2D eigenvalue weighted by Gasteiger charge is 2.14. The van der Waals surface area contributed by atoms with Gasteiger partial charge in [-0.15, -0.1) is 0 Å². The van der Waals surface area contributed by atoms with Gasteiger partial charge in [0.15, 0.2) is 0 Å². The lowest BCUT2D eigenvalue weighted by Crippen LogP contribution is -2.26. The Bertz CT molecular complexity index is 627. The predicted molar refractivity (Wildman–Crippen MR) is 89.6 cm³/mol. The van der Waals surface area contributed by atoms with Crippen LogP contribution in [-0.4, -0.2) is 17.4 Å². The molecule has 1 fully saturated rings. The predicted octanol–water partition coefficient (Wildman–Crippen LogP) is 3.86. The highest BCUT2D eigenvalue weighted by molar-refractivity contribution is 5.87. The van der Waals surface area contributed by atoms with Gasteiger partial charge in [-0.25, -0.2) is 0 Å². The summed E-state index contributed by atoms with van der Waals surface area (Å²) in [5.41, 5.74) is 1.94. The molecule has 0 bridgehead atoms. The van der Waals surface area contributed by atoms with Gasteiger partial charge in [0.2, 0.25) is 5.91 Å². The van der Waals surface area contributed by atoms with Gasteiger partial charge >= 0.3 is 0 Å². The van der Waals surface area contributed by atoms with Crippen molar-refractivity contribution in [2.24, 2.45) is 5.92 Å². The summed E-state index contributed by atoms with van der Waals surface area (Å²) in [7, 11) is 0. The Labute approximate surface area is 132 Å². The summed E-state index contributed by atoms with van der Waals surface area (Å²) >= 11 is 0. The van der Waals surface area contributed by atoms with Crippen LogP contribution >= 0.6 is 0 Å². The number of nitrogens with one attached hydrogen (secondary N) is 1. The van der Waals surface area contributed by atoms with Crippen molar-refractivity contribution in [2.45, 2.75) is 44.9 Å². The number of carbonyl (C=O) groups excluding carboxylic acids is 1. The fourth-order valence-corrected chi connectivity index (χ4v) is 3.46. The SMILES string of the molecule is O=C(Cc1cccc2cccnc12)NCCCC1CCCC1. The van der Waals surface area contributed by atoms with E-state index in [1.807, 2.05) is 30.3 Å². The van der Waals surface area contributed by atoms with Gasteiger partial charge in [-0.2, -0.15) is 0 Å². The van der Waals surface area contributed by atoms with Crippen LogP contribution in [0, 0.1) is 5.92 Å². The van der Waals surface area contributed by atoms with Crippen molar-refractivity contribution >= 4 is 16.8 Å². The van der Waals surface area contributed by atoms with E-state index in [1.165, 1.54) is 32.1 Å². The fourth-order valence-electron chi connectivity index (χ4n) is 3.46. The second-order valence-corrected chi connectivity index (χ2v) is 6.31. The van der Waals surface area contributed by atoms with Gasteiger partial charge in [0.25, 0.3) is 0 Å². The molecule has 1 aliphatic rings. The van der Waals surface area contributed by atoms with E-state index >= 15 is 0 Å². The zero-order valence-corrected chi connectivity index (χ0v) is 13.1. The summed E-state index contributed by atoms with van der Waals surface area (Å²) in [6, 6.07) is 9.98. The summed E-state index contributed by atoms with van der Waals surface area (Å²) < 4.78 is 0. The van der Waals surface area contributed by atoms with Crippen LogP contribution in [0.15, 0.2) is 36.5 Å². The Morgan fingerprint density at radius 1 is 1.18 bits per heavy atom. The molecule has 1 aromatic carbocycles. The summed E-state index contributed by atoms with van der Waals surface area (Å²) in [6.45, 7) is 0.799. The summed E-state index contributed by atoms with van der Waals surface area (Å²) in [4.78, 5) is 16.5. The minimum atomic E-state index is 0.101. The van der Waals surface area contributed by atoms with Crippen LogP contribution in [0.2, 0.25) is 0 Å². The number of amides is 1. The van der Waals surface area contributed by atoms with E-state index in [0.29, 0.717) is 6.42 Å². The molecule has 0 spiro atoms. The van der Waals surface area contributed by atoms with Crippen molar-refractivity contribution in [2.75, 3.05) is 6.54 Å². The van der Waals surface area contributed by atoms with Crippen molar-refractivity contribution in [1.82, 2.24) is 10.3 Å². The first-order chi connectivity index (χ1) is 10.8. The van der Waals surface area contributed by atoms with E-state index < -0.39 is 0 Å². The molecule has 1 amide bonds. The molecule has 0 saturated heterocycles. The molecule has 1 N–H and O–H groups in total. The van der Waals surface area contributed by atoms with Crippen molar-refractivity contribution in [3.05, 3.63) is 42.1 Å². The standard InChI is InChI=1S/C19H24N2O/c22-18(20-12-4-8-15-6-1-2-7-15)14-17-10-3-9-16-11-5-13-21-19(16)17/h3,5,9-11,13,15H,1-2,4,6-8,12,14H2,(H,20,22). The fraction of sp³-hybridized carbons (Fsp3) is 0.474. The monoisotopic (exact) mass is 296 g/mol. The number of hydrogen-bond acceptors (Lipinski definition) is 2. The molecule has 1 saturated carbocycles. The van der Waals surface area contributed by atoms with E-state index in [4.69, 9.17) is 0 Å². The molecule has 0 atom stereocenters. The normalized spacial score (nSPS) is 15.3. The quantitative estimate of drug-likeness (QED) is 0.822. The number of hydrogen-bond donors (Lipinski definition) is 1.